The molecule has 0 heterocycles. The molecule has 0 saturated carbocycles. The van der Waals surface area contributed by atoms with Crippen LogP contribution in [0.2, 0.25) is 0 Å². The van der Waals surface area contributed by atoms with Crippen LogP contribution in [0.1, 0.15) is 6.92 Å². The summed E-state index contributed by atoms with van der Waals surface area (Å²) in [5, 5.41) is 11.3. The molecule has 0 radical (unpaired) electrons. The van der Waals surface area contributed by atoms with E-state index in [1.807, 2.05) is 0 Å². The molecule has 0 aliphatic carbocycles. The summed E-state index contributed by atoms with van der Waals surface area (Å²) < 4.78 is 5.22. The van der Waals surface area contributed by atoms with Crippen LogP contribution in [0.15, 0.2) is 24.3 Å². The summed E-state index contributed by atoms with van der Waals surface area (Å²) in [4.78, 5) is 11.3. The molecule has 0 spiro atoms. The Labute approximate surface area is 94.2 Å². The van der Waals surface area contributed by atoms with Gasteiger partial charge in [-0.2, -0.15) is 0 Å². The summed E-state index contributed by atoms with van der Waals surface area (Å²) in [7, 11) is 0. The molecule has 1 aromatic rings. The standard InChI is InChI=1S/C11H16N2O3/c1-8(6-14)13-11(15)7-16-10-4-2-9(12)3-5-10/h2-5,8,14H,6-7,12H2,1H3,(H,13,15)/t8-/m1/s1. The lowest BCUT2D eigenvalue weighted by Crippen LogP contribution is -2.38. The Morgan fingerprint density at radius 1 is 1.50 bits per heavy atom. The maximum absolute atomic E-state index is 11.3. The molecule has 1 rings (SSSR count). The number of nitrogens with two attached hydrogens (primary N) is 1. The molecule has 5 nitrogen and oxygen atoms in total. The first-order chi connectivity index (χ1) is 7.61. The minimum absolute atomic E-state index is 0.0751. The Hall–Kier alpha value is -1.75. The summed E-state index contributed by atoms with van der Waals surface area (Å²) in [5.41, 5.74) is 6.15. The third-order valence-corrected chi connectivity index (χ3v) is 1.93. The van der Waals surface area contributed by atoms with E-state index in [9.17, 15) is 4.79 Å². The van der Waals surface area contributed by atoms with Crippen molar-refractivity contribution in [2.45, 2.75) is 13.0 Å². The Kier molecular flexibility index (Phi) is 4.60. The summed E-state index contributed by atoms with van der Waals surface area (Å²) in [6.45, 7) is 1.54. The first-order valence-electron chi connectivity index (χ1n) is 5.00. The third-order valence-electron chi connectivity index (χ3n) is 1.93. The zero-order valence-electron chi connectivity index (χ0n) is 9.14. The van der Waals surface area contributed by atoms with Gasteiger partial charge >= 0.3 is 0 Å². The van der Waals surface area contributed by atoms with Crippen molar-refractivity contribution < 1.29 is 14.6 Å². The molecule has 0 aromatic heterocycles. The summed E-state index contributed by atoms with van der Waals surface area (Å²) in [5.74, 6) is 0.319. The number of aliphatic hydroxyl groups is 1. The number of hydrogen-bond acceptors (Lipinski definition) is 4. The molecule has 0 saturated heterocycles. The number of carbonyl (C=O) groups is 1. The fourth-order valence-corrected chi connectivity index (χ4v) is 1.08. The second kappa shape index (κ2) is 5.97. The zero-order chi connectivity index (χ0) is 12.0. The van der Waals surface area contributed by atoms with Crippen LogP contribution < -0.4 is 15.8 Å². The van der Waals surface area contributed by atoms with Gasteiger partial charge in [-0.3, -0.25) is 4.79 Å². The molecule has 0 bridgehead atoms. The van der Waals surface area contributed by atoms with Crippen LogP contribution in [0.4, 0.5) is 5.69 Å². The number of hydrogen-bond donors (Lipinski definition) is 3. The Balaban J connectivity index is 2.34. The minimum Gasteiger partial charge on any atom is -0.484 e. The van der Waals surface area contributed by atoms with Gasteiger partial charge in [0.05, 0.1) is 6.61 Å². The van der Waals surface area contributed by atoms with Crippen molar-refractivity contribution in [3.63, 3.8) is 0 Å². The smallest absolute Gasteiger partial charge is 0.258 e. The van der Waals surface area contributed by atoms with E-state index in [0.717, 1.165) is 0 Å². The maximum atomic E-state index is 11.3. The summed E-state index contributed by atoms with van der Waals surface area (Å²) in [6, 6.07) is 6.52. The minimum atomic E-state index is -0.265. The molecule has 0 fully saturated rings. The Bertz CT molecular complexity index is 338. The third kappa shape index (κ3) is 4.18. The lowest BCUT2D eigenvalue weighted by molar-refractivity contribution is -0.123. The van der Waals surface area contributed by atoms with E-state index >= 15 is 0 Å². The number of anilines is 1. The number of ether oxygens (including phenoxy) is 1. The lowest BCUT2D eigenvalue weighted by Gasteiger charge is -2.11. The quantitative estimate of drug-likeness (QED) is 0.621. The van der Waals surface area contributed by atoms with Crippen molar-refractivity contribution in [1.29, 1.82) is 0 Å². The zero-order valence-corrected chi connectivity index (χ0v) is 9.14. The number of carbonyl (C=O) groups excluding carboxylic acids is 1. The van der Waals surface area contributed by atoms with Gasteiger partial charge in [-0.15, -0.1) is 0 Å². The SMILES string of the molecule is C[C@H](CO)NC(=O)COc1ccc(N)cc1. The van der Waals surface area contributed by atoms with Gasteiger partial charge in [-0.05, 0) is 31.2 Å². The van der Waals surface area contributed by atoms with E-state index in [4.69, 9.17) is 15.6 Å². The number of benzene rings is 1. The van der Waals surface area contributed by atoms with Crippen LogP contribution in [-0.4, -0.2) is 30.3 Å². The van der Waals surface area contributed by atoms with Gasteiger partial charge in [0.2, 0.25) is 0 Å². The molecular formula is C11H16N2O3. The molecular weight excluding hydrogens is 208 g/mol. The van der Waals surface area contributed by atoms with Gasteiger partial charge in [0.1, 0.15) is 5.75 Å². The van der Waals surface area contributed by atoms with E-state index in [0.29, 0.717) is 11.4 Å². The lowest BCUT2D eigenvalue weighted by atomic mass is 10.3. The number of nitrogens with one attached hydrogen (secondary N) is 1. The predicted octanol–water partition coefficient (Wildman–Crippen LogP) is 0.145. The van der Waals surface area contributed by atoms with Gasteiger partial charge in [0, 0.05) is 11.7 Å². The highest BCUT2D eigenvalue weighted by Crippen LogP contribution is 2.12. The molecule has 88 valence electrons. The number of amides is 1. The summed E-state index contributed by atoms with van der Waals surface area (Å²) in [6.07, 6.45) is 0. The average Bonchev–Trinajstić information content (AvgIpc) is 2.28. The van der Waals surface area contributed by atoms with E-state index < -0.39 is 0 Å². The molecule has 16 heavy (non-hydrogen) atoms. The van der Waals surface area contributed by atoms with Gasteiger partial charge in [-0.25, -0.2) is 0 Å². The number of rotatable bonds is 5. The topological polar surface area (TPSA) is 84.6 Å². The van der Waals surface area contributed by atoms with Crippen molar-refractivity contribution in [3.8, 4) is 5.75 Å². The molecule has 0 aliphatic rings. The highest BCUT2D eigenvalue weighted by molar-refractivity contribution is 5.77. The fourth-order valence-electron chi connectivity index (χ4n) is 1.08. The number of nitrogen functional groups attached to an aromatic ring is 1. The number of aliphatic hydroxyl groups excluding tert-OH is 1. The monoisotopic (exact) mass is 224 g/mol. The van der Waals surface area contributed by atoms with E-state index in [-0.39, 0.29) is 25.2 Å². The fraction of sp³-hybridized carbons (Fsp3) is 0.364. The normalized spacial score (nSPS) is 11.9. The molecule has 4 N–H and O–H groups in total. The van der Waals surface area contributed by atoms with Crippen molar-refractivity contribution in [3.05, 3.63) is 24.3 Å². The van der Waals surface area contributed by atoms with Crippen LogP contribution >= 0.6 is 0 Å². The van der Waals surface area contributed by atoms with Crippen molar-refractivity contribution in [2.24, 2.45) is 0 Å². The first-order valence-corrected chi connectivity index (χ1v) is 5.00. The largest absolute Gasteiger partial charge is 0.484 e. The van der Waals surface area contributed by atoms with Crippen LogP contribution in [0.25, 0.3) is 0 Å². The first kappa shape index (κ1) is 12.3. The molecule has 0 unspecified atom stereocenters. The molecule has 1 atom stereocenters. The van der Waals surface area contributed by atoms with Crippen molar-refractivity contribution in [2.75, 3.05) is 18.9 Å². The second-order valence-electron chi connectivity index (χ2n) is 3.51. The van der Waals surface area contributed by atoms with E-state index in [2.05, 4.69) is 5.32 Å². The van der Waals surface area contributed by atoms with Gasteiger partial charge < -0.3 is 20.9 Å². The Morgan fingerprint density at radius 2 is 2.12 bits per heavy atom. The van der Waals surface area contributed by atoms with Crippen molar-refractivity contribution in [1.82, 2.24) is 5.32 Å². The van der Waals surface area contributed by atoms with Crippen molar-refractivity contribution >= 4 is 11.6 Å². The maximum Gasteiger partial charge on any atom is 0.258 e. The van der Waals surface area contributed by atoms with E-state index in [1.54, 1.807) is 31.2 Å². The summed E-state index contributed by atoms with van der Waals surface area (Å²) >= 11 is 0. The second-order valence-corrected chi connectivity index (χ2v) is 3.51. The molecule has 5 heteroatoms. The van der Waals surface area contributed by atoms with Crippen LogP contribution in [0, 0.1) is 0 Å². The Morgan fingerprint density at radius 3 is 2.69 bits per heavy atom. The molecule has 1 aromatic carbocycles. The van der Waals surface area contributed by atoms with Gasteiger partial charge in [0.25, 0.3) is 5.91 Å². The van der Waals surface area contributed by atoms with Crippen LogP contribution in [-0.2, 0) is 4.79 Å². The van der Waals surface area contributed by atoms with Gasteiger partial charge in [0.15, 0.2) is 6.61 Å². The average molecular weight is 224 g/mol. The van der Waals surface area contributed by atoms with E-state index in [1.165, 1.54) is 0 Å². The highest BCUT2D eigenvalue weighted by Gasteiger charge is 2.06. The van der Waals surface area contributed by atoms with Crippen LogP contribution in [0.5, 0.6) is 5.75 Å². The van der Waals surface area contributed by atoms with Gasteiger partial charge in [-0.1, -0.05) is 0 Å². The van der Waals surface area contributed by atoms with Crippen LogP contribution in [0.3, 0.4) is 0 Å². The predicted molar refractivity (Wildman–Crippen MR) is 61.0 cm³/mol. The highest BCUT2D eigenvalue weighted by atomic mass is 16.5. The molecule has 0 aliphatic heterocycles. The molecule has 1 amide bonds.